The average Bonchev–Trinajstić information content (AvgIpc) is 2.52. The van der Waals surface area contributed by atoms with E-state index in [-0.39, 0.29) is 35.7 Å². The van der Waals surface area contributed by atoms with Crippen LogP contribution < -0.4 is 10.6 Å². The maximum Gasteiger partial charge on any atom is 0.220 e. The van der Waals surface area contributed by atoms with E-state index in [0.29, 0.717) is 32.4 Å². The lowest BCUT2D eigenvalue weighted by molar-refractivity contribution is -0.123. The second-order valence-electron chi connectivity index (χ2n) is 6.85. The maximum atomic E-state index is 11.9. The number of rotatable bonds is 10. The number of carbonyl (C=O) groups is 3. The highest BCUT2D eigenvalue weighted by Crippen LogP contribution is 2.24. The molecule has 0 aromatic rings. The largest absolute Gasteiger partial charge is 0.377 e. The van der Waals surface area contributed by atoms with Crippen LogP contribution in [0.25, 0.3) is 0 Å². The van der Waals surface area contributed by atoms with Crippen molar-refractivity contribution >= 4 is 17.6 Å². The first-order chi connectivity index (χ1) is 11.4. The second-order valence-corrected chi connectivity index (χ2v) is 6.85. The molecule has 6 heteroatoms. The monoisotopic (exact) mass is 340 g/mol. The summed E-state index contributed by atoms with van der Waals surface area (Å²) < 4.78 is 5.34. The molecule has 2 N–H and O–H groups in total. The zero-order valence-electron chi connectivity index (χ0n) is 15.2. The van der Waals surface area contributed by atoms with Gasteiger partial charge in [0, 0.05) is 31.3 Å². The Morgan fingerprint density at radius 3 is 2.25 bits per heavy atom. The Hall–Kier alpha value is -1.43. The van der Waals surface area contributed by atoms with Gasteiger partial charge in [-0.05, 0) is 52.9 Å². The third-order valence-corrected chi connectivity index (χ3v) is 4.35. The normalized spacial score (nSPS) is 20.7. The number of nitrogens with one attached hydrogen (secondary N) is 2. The number of hydrogen-bond donors (Lipinski definition) is 2. The van der Waals surface area contributed by atoms with Crippen molar-refractivity contribution in [2.45, 2.75) is 77.9 Å². The Morgan fingerprint density at radius 2 is 1.67 bits per heavy atom. The fourth-order valence-corrected chi connectivity index (χ4v) is 2.93. The van der Waals surface area contributed by atoms with Crippen molar-refractivity contribution in [1.29, 1.82) is 0 Å². The molecule has 1 fully saturated rings. The molecule has 0 heterocycles. The van der Waals surface area contributed by atoms with E-state index in [2.05, 4.69) is 10.6 Å². The average molecular weight is 340 g/mol. The zero-order chi connectivity index (χ0) is 17.9. The second kappa shape index (κ2) is 11.2. The van der Waals surface area contributed by atoms with Gasteiger partial charge in [-0.2, -0.15) is 0 Å². The molecule has 138 valence electrons. The van der Waals surface area contributed by atoms with Crippen molar-refractivity contribution in [2.75, 3.05) is 13.2 Å². The molecule has 1 rings (SSSR count). The topological polar surface area (TPSA) is 84.5 Å². The molecule has 6 nitrogen and oxygen atoms in total. The Bertz CT molecular complexity index is 415. The predicted molar refractivity (Wildman–Crippen MR) is 92.5 cm³/mol. The molecule has 0 saturated heterocycles. The zero-order valence-corrected chi connectivity index (χ0v) is 15.2. The molecular formula is C18H32N2O4. The van der Waals surface area contributed by atoms with Gasteiger partial charge in [-0.25, -0.2) is 0 Å². The molecule has 0 aromatic carbocycles. The Morgan fingerprint density at radius 1 is 1.04 bits per heavy atom. The summed E-state index contributed by atoms with van der Waals surface area (Å²) in [4.78, 5) is 34.9. The minimum Gasteiger partial charge on any atom is -0.377 e. The lowest BCUT2D eigenvalue weighted by Crippen LogP contribution is -2.38. The quantitative estimate of drug-likeness (QED) is 0.596. The SMILES string of the molecule is CC(=O)[C@H]1CC[C@@H](NC(=O)CCCC(=O)NCCOC(C)C)CC1. The highest BCUT2D eigenvalue weighted by Gasteiger charge is 2.24. The van der Waals surface area contributed by atoms with Crippen LogP contribution in [0.3, 0.4) is 0 Å². The van der Waals surface area contributed by atoms with Crippen LogP contribution >= 0.6 is 0 Å². The van der Waals surface area contributed by atoms with Gasteiger partial charge in [0.15, 0.2) is 0 Å². The number of carbonyl (C=O) groups excluding carboxylic acids is 3. The molecule has 0 spiro atoms. The van der Waals surface area contributed by atoms with Crippen LogP contribution in [-0.4, -0.2) is 42.9 Å². The molecule has 0 aliphatic heterocycles. The van der Waals surface area contributed by atoms with Crippen molar-refractivity contribution in [2.24, 2.45) is 5.92 Å². The molecule has 24 heavy (non-hydrogen) atoms. The van der Waals surface area contributed by atoms with Crippen LogP contribution in [0, 0.1) is 5.92 Å². The van der Waals surface area contributed by atoms with Crippen molar-refractivity contribution < 1.29 is 19.1 Å². The van der Waals surface area contributed by atoms with E-state index in [1.165, 1.54) is 0 Å². The minimum atomic E-state index is -0.0443. The van der Waals surface area contributed by atoms with Crippen LogP contribution in [0.15, 0.2) is 0 Å². The molecule has 0 bridgehead atoms. The smallest absolute Gasteiger partial charge is 0.220 e. The number of ketones is 1. The molecule has 1 saturated carbocycles. The standard InChI is InChI=1S/C18H32N2O4/c1-13(2)24-12-11-19-17(22)5-4-6-18(23)20-16-9-7-15(8-10-16)14(3)21/h13,15-16H,4-12H2,1-3H3,(H,19,22)(H,20,23)/t15-,16+. The number of Topliss-reactive ketones (excluding diaryl/α,β-unsaturated/α-hetero) is 1. The van der Waals surface area contributed by atoms with E-state index in [1.807, 2.05) is 13.8 Å². The van der Waals surface area contributed by atoms with Gasteiger partial charge >= 0.3 is 0 Å². The maximum absolute atomic E-state index is 11.9. The van der Waals surface area contributed by atoms with E-state index in [0.717, 1.165) is 25.7 Å². The van der Waals surface area contributed by atoms with E-state index < -0.39 is 0 Å². The third-order valence-electron chi connectivity index (χ3n) is 4.35. The fourth-order valence-electron chi connectivity index (χ4n) is 2.93. The molecular weight excluding hydrogens is 308 g/mol. The summed E-state index contributed by atoms with van der Waals surface area (Å²) in [5, 5.41) is 5.80. The predicted octanol–water partition coefficient (Wildman–Crippen LogP) is 1.96. The van der Waals surface area contributed by atoms with Crippen LogP contribution in [0.4, 0.5) is 0 Å². The van der Waals surface area contributed by atoms with Crippen LogP contribution in [-0.2, 0) is 19.1 Å². The van der Waals surface area contributed by atoms with Crippen LogP contribution in [0.5, 0.6) is 0 Å². The highest BCUT2D eigenvalue weighted by molar-refractivity contribution is 5.79. The summed E-state index contributed by atoms with van der Waals surface area (Å²) in [6.45, 7) is 6.55. The molecule has 0 unspecified atom stereocenters. The van der Waals surface area contributed by atoms with Gasteiger partial charge < -0.3 is 15.4 Å². The summed E-state index contributed by atoms with van der Waals surface area (Å²) in [6, 6.07) is 0.176. The van der Waals surface area contributed by atoms with E-state index in [4.69, 9.17) is 4.74 Å². The Labute approximate surface area is 145 Å². The molecule has 0 radical (unpaired) electrons. The molecule has 0 aromatic heterocycles. The number of ether oxygens (including phenoxy) is 1. The number of hydrogen-bond acceptors (Lipinski definition) is 4. The van der Waals surface area contributed by atoms with Crippen molar-refractivity contribution in [3.05, 3.63) is 0 Å². The Balaban J connectivity index is 2.06. The first-order valence-electron chi connectivity index (χ1n) is 9.06. The molecule has 2 amide bonds. The summed E-state index contributed by atoms with van der Waals surface area (Å²) in [5.74, 6) is 0.375. The first-order valence-corrected chi connectivity index (χ1v) is 9.06. The van der Waals surface area contributed by atoms with E-state index >= 15 is 0 Å². The minimum absolute atomic E-state index is 0.00258. The van der Waals surface area contributed by atoms with Crippen molar-refractivity contribution in [3.8, 4) is 0 Å². The van der Waals surface area contributed by atoms with Crippen LogP contribution in [0.2, 0.25) is 0 Å². The number of amides is 2. The first kappa shape index (κ1) is 20.6. The fraction of sp³-hybridized carbons (Fsp3) is 0.833. The summed E-state index contributed by atoms with van der Waals surface area (Å²) in [5.41, 5.74) is 0. The van der Waals surface area contributed by atoms with Gasteiger partial charge in [-0.15, -0.1) is 0 Å². The summed E-state index contributed by atoms with van der Waals surface area (Å²) in [7, 11) is 0. The van der Waals surface area contributed by atoms with E-state index in [9.17, 15) is 14.4 Å². The van der Waals surface area contributed by atoms with Gasteiger partial charge in [-0.1, -0.05) is 0 Å². The third kappa shape index (κ3) is 9.01. The van der Waals surface area contributed by atoms with Gasteiger partial charge in [-0.3, -0.25) is 14.4 Å². The van der Waals surface area contributed by atoms with E-state index in [1.54, 1.807) is 6.92 Å². The van der Waals surface area contributed by atoms with Gasteiger partial charge in [0.05, 0.1) is 12.7 Å². The van der Waals surface area contributed by atoms with Crippen molar-refractivity contribution in [3.63, 3.8) is 0 Å². The molecule has 0 atom stereocenters. The summed E-state index contributed by atoms with van der Waals surface area (Å²) >= 11 is 0. The molecule has 1 aliphatic carbocycles. The lowest BCUT2D eigenvalue weighted by atomic mass is 9.84. The van der Waals surface area contributed by atoms with Gasteiger partial charge in [0.1, 0.15) is 5.78 Å². The van der Waals surface area contributed by atoms with Gasteiger partial charge in [0.2, 0.25) is 11.8 Å². The highest BCUT2D eigenvalue weighted by atomic mass is 16.5. The molecule has 1 aliphatic rings. The lowest BCUT2D eigenvalue weighted by Gasteiger charge is -2.27. The van der Waals surface area contributed by atoms with Crippen molar-refractivity contribution in [1.82, 2.24) is 10.6 Å². The van der Waals surface area contributed by atoms with Gasteiger partial charge in [0.25, 0.3) is 0 Å². The van der Waals surface area contributed by atoms with Crippen LogP contribution in [0.1, 0.15) is 65.7 Å². The summed E-state index contributed by atoms with van der Waals surface area (Å²) in [6.07, 6.45) is 4.89. The Kier molecular flexibility index (Phi) is 9.60.